The van der Waals surface area contributed by atoms with E-state index in [4.69, 9.17) is 0 Å². The fraction of sp³-hybridized carbons (Fsp3) is 0.571. The standard InChI is InChI=1S/C14H22N2/c1-2-16(14-9-5-3-6-10-14)13-15-11-7-4-8-12-15/h3,5-6,9-10H,2,4,7-8,11-13H2,1H3/p+1. The Morgan fingerprint density at radius 1 is 1.06 bits per heavy atom. The second-order valence-electron chi connectivity index (χ2n) is 4.66. The van der Waals surface area contributed by atoms with Crippen LogP contribution in [0.5, 0.6) is 0 Å². The van der Waals surface area contributed by atoms with Gasteiger partial charge in [0.05, 0.1) is 6.54 Å². The molecular weight excluding hydrogens is 196 g/mol. The van der Waals surface area contributed by atoms with Gasteiger partial charge in [-0.1, -0.05) is 24.6 Å². The van der Waals surface area contributed by atoms with Gasteiger partial charge in [0.15, 0.2) is 0 Å². The van der Waals surface area contributed by atoms with Gasteiger partial charge in [0, 0.05) is 13.1 Å². The highest BCUT2D eigenvalue weighted by Crippen LogP contribution is 2.07. The molecule has 0 radical (unpaired) electrons. The number of benzene rings is 1. The third-order valence-electron chi connectivity index (χ3n) is 3.47. The monoisotopic (exact) mass is 219 g/mol. The zero-order valence-electron chi connectivity index (χ0n) is 10.3. The summed E-state index contributed by atoms with van der Waals surface area (Å²) in [6.07, 6.45) is 4.18. The molecule has 2 heteroatoms. The van der Waals surface area contributed by atoms with Crippen molar-refractivity contribution in [1.82, 2.24) is 4.90 Å². The van der Waals surface area contributed by atoms with Crippen LogP contribution in [0.3, 0.4) is 0 Å². The van der Waals surface area contributed by atoms with Gasteiger partial charge in [-0.15, -0.1) is 0 Å². The van der Waals surface area contributed by atoms with E-state index < -0.39 is 0 Å². The third kappa shape index (κ3) is 3.06. The average Bonchev–Trinajstić information content (AvgIpc) is 2.38. The van der Waals surface area contributed by atoms with Gasteiger partial charge in [0.25, 0.3) is 0 Å². The molecule has 1 aromatic carbocycles. The minimum absolute atomic E-state index is 1.17. The second kappa shape index (κ2) is 6.02. The Labute approximate surface area is 98.9 Å². The molecule has 1 atom stereocenters. The first-order chi connectivity index (χ1) is 7.90. The van der Waals surface area contributed by atoms with Gasteiger partial charge in [-0.2, -0.15) is 0 Å². The van der Waals surface area contributed by atoms with Gasteiger partial charge >= 0.3 is 0 Å². The fourth-order valence-corrected chi connectivity index (χ4v) is 2.47. The minimum Gasteiger partial charge on any atom is -0.290 e. The molecule has 16 heavy (non-hydrogen) atoms. The third-order valence-corrected chi connectivity index (χ3v) is 3.47. The SMILES string of the molecule is CC[NH+](CN1CCCCC1)c1ccccc1. The van der Waals surface area contributed by atoms with E-state index in [2.05, 4.69) is 42.2 Å². The summed E-state index contributed by atoms with van der Waals surface area (Å²) in [4.78, 5) is 4.19. The van der Waals surface area contributed by atoms with Crippen molar-refractivity contribution in [1.29, 1.82) is 0 Å². The van der Waals surface area contributed by atoms with E-state index in [9.17, 15) is 0 Å². The van der Waals surface area contributed by atoms with Crippen LogP contribution >= 0.6 is 0 Å². The summed E-state index contributed by atoms with van der Waals surface area (Å²) in [5.41, 5.74) is 1.43. The van der Waals surface area contributed by atoms with Crippen molar-refractivity contribution in [2.45, 2.75) is 26.2 Å². The predicted molar refractivity (Wildman–Crippen MR) is 67.9 cm³/mol. The molecule has 2 nitrogen and oxygen atoms in total. The Kier molecular flexibility index (Phi) is 4.37. The van der Waals surface area contributed by atoms with Crippen molar-refractivity contribution in [3.63, 3.8) is 0 Å². The summed E-state index contributed by atoms with van der Waals surface area (Å²) in [5, 5.41) is 0. The van der Waals surface area contributed by atoms with Crippen LogP contribution in [0.25, 0.3) is 0 Å². The second-order valence-corrected chi connectivity index (χ2v) is 4.66. The molecule has 1 N–H and O–H groups in total. The van der Waals surface area contributed by atoms with Crippen molar-refractivity contribution in [3.8, 4) is 0 Å². The molecule has 1 heterocycles. The highest BCUT2D eigenvalue weighted by atomic mass is 15.3. The number of para-hydroxylation sites is 1. The number of nitrogens with zero attached hydrogens (tertiary/aromatic N) is 1. The average molecular weight is 219 g/mol. The lowest BCUT2D eigenvalue weighted by Crippen LogP contribution is -3.08. The lowest BCUT2D eigenvalue weighted by atomic mass is 10.1. The van der Waals surface area contributed by atoms with E-state index in [0.29, 0.717) is 0 Å². The molecule has 0 amide bonds. The number of rotatable bonds is 4. The molecular formula is C14H23N2+. The van der Waals surface area contributed by atoms with Gasteiger partial charge in [0.1, 0.15) is 12.4 Å². The summed E-state index contributed by atoms with van der Waals surface area (Å²) in [6.45, 7) is 7.18. The Balaban J connectivity index is 1.94. The Hall–Kier alpha value is -0.860. The van der Waals surface area contributed by atoms with Crippen LogP contribution in [-0.4, -0.2) is 31.2 Å². The van der Waals surface area contributed by atoms with Crippen LogP contribution in [0.2, 0.25) is 0 Å². The lowest BCUT2D eigenvalue weighted by Gasteiger charge is -2.29. The quantitative estimate of drug-likeness (QED) is 0.809. The fourth-order valence-electron chi connectivity index (χ4n) is 2.47. The van der Waals surface area contributed by atoms with Crippen LogP contribution in [0, 0.1) is 0 Å². The summed E-state index contributed by atoms with van der Waals surface area (Å²) in [5.74, 6) is 0. The van der Waals surface area contributed by atoms with Crippen LogP contribution in [0.1, 0.15) is 26.2 Å². The molecule has 1 saturated heterocycles. The van der Waals surface area contributed by atoms with E-state index in [-0.39, 0.29) is 0 Å². The maximum Gasteiger partial charge on any atom is 0.138 e. The molecule has 1 aliphatic rings. The summed E-state index contributed by atoms with van der Waals surface area (Å²) < 4.78 is 0. The highest BCUT2D eigenvalue weighted by Gasteiger charge is 2.16. The van der Waals surface area contributed by atoms with E-state index in [0.717, 1.165) is 0 Å². The molecule has 1 fully saturated rings. The Morgan fingerprint density at radius 2 is 1.75 bits per heavy atom. The van der Waals surface area contributed by atoms with Gasteiger partial charge < -0.3 is 0 Å². The first-order valence-electron chi connectivity index (χ1n) is 6.52. The maximum atomic E-state index is 2.61. The van der Waals surface area contributed by atoms with E-state index >= 15 is 0 Å². The van der Waals surface area contributed by atoms with Crippen LogP contribution < -0.4 is 4.90 Å². The van der Waals surface area contributed by atoms with Gasteiger partial charge in [-0.05, 0) is 31.9 Å². The largest absolute Gasteiger partial charge is 0.290 e. The van der Waals surface area contributed by atoms with Gasteiger partial charge in [0.2, 0.25) is 0 Å². The van der Waals surface area contributed by atoms with Gasteiger partial charge in [-0.3, -0.25) is 9.80 Å². The molecule has 0 aliphatic carbocycles. The van der Waals surface area contributed by atoms with Crippen LogP contribution in [-0.2, 0) is 0 Å². The number of quaternary nitrogens is 1. The normalized spacial score (nSPS) is 19.6. The van der Waals surface area contributed by atoms with E-state index in [1.165, 1.54) is 51.3 Å². The molecule has 88 valence electrons. The number of piperidine rings is 1. The molecule has 1 aliphatic heterocycles. The molecule has 0 saturated carbocycles. The van der Waals surface area contributed by atoms with E-state index in [1.807, 2.05) is 0 Å². The van der Waals surface area contributed by atoms with Crippen molar-refractivity contribution >= 4 is 5.69 Å². The van der Waals surface area contributed by atoms with Crippen molar-refractivity contribution in [2.24, 2.45) is 0 Å². The molecule has 1 aromatic rings. The Bertz CT molecular complexity index is 291. The number of hydrogen-bond donors (Lipinski definition) is 1. The highest BCUT2D eigenvalue weighted by molar-refractivity contribution is 5.27. The van der Waals surface area contributed by atoms with Crippen molar-refractivity contribution in [3.05, 3.63) is 30.3 Å². The number of likely N-dealkylation sites (tertiary alicyclic amines) is 1. The van der Waals surface area contributed by atoms with Crippen molar-refractivity contribution in [2.75, 3.05) is 26.3 Å². The summed E-state index contributed by atoms with van der Waals surface area (Å²) in [7, 11) is 0. The van der Waals surface area contributed by atoms with E-state index in [1.54, 1.807) is 4.90 Å². The molecule has 2 rings (SSSR count). The molecule has 0 aromatic heterocycles. The zero-order valence-corrected chi connectivity index (χ0v) is 10.3. The first kappa shape index (κ1) is 11.6. The lowest BCUT2D eigenvalue weighted by molar-refractivity contribution is -0.842. The zero-order chi connectivity index (χ0) is 11.2. The smallest absolute Gasteiger partial charge is 0.138 e. The maximum absolute atomic E-state index is 2.61. The van der Waals surface area contributed by atoms with Crippen LogP contribution in [0.15, 0.2) is 30.3 Å². The number of nitrogens with one attached hydrogen (secondary N) is 1. The van der Waals surface area contributed by atoms with Crippen molar-refractivity contribution < 1.29 is 4.90 Å². The molecule has 0 bridgehead atoms. The first-order valence-corrected chi connectivity index (χ1v) is 6.52. The molecule has 1 unspecified atom stereocenters. The number of hydrogen-bond acceptors (Lipinski definition) is 1. The van der Waals surface area contributed by atoms with Gasteiger partial charge in [-0.25, -0.2) is 0 Å². The topological polar surface area (TPSA) is 7.68 Å². The Morgan fingerprint density at radius 3 is 2.38 bits per heavy atom. The predicted octanol–water partition coefficient (Wildman–Crippen LogP) is 1.67. The summed E-state index contributed by atoms with van der Waals surface area (Å²) in [6, 6.07) is 10.9. The molecule has 0 spiro atoms. The van der Waals surface area contributed by atoms with Crippen LogP contribution in [0.4, 0.5) is 5.69 Å². The summed E-state index contributed by atoms with van der Waals surface area (Å²) >= 11 is 0. The minimum atomic E-state index is 1.17.